The number of rotatable bonds is 5. The zero-order valence-corrected chi connectivity index (χ0v) is 15.2. The number of amides is 1. The molecule has 0 fully saturated rings. The molecule has 134 valence electrons. The first kappa shape index (κ1) is 18.2. The number of halogens is 3. The largest absolute Gasteiger partial charge is 0.482 e. The van der Waals surface area contributed by atoms with E-state index in [1.54, 1.807) is 48.1 Å². The Bertz CT molecular complexity index is 959. The molecule has 5 nitrogen and oxygen atoms in total. The van der Waals surface area contributed by atoms with Crippen molar-refractivity contribution < 1.29 is 13.9 Å². The van der Waals surface area contributed by atoms with Crippen LogP contribution in [-0.2, 0) is 4.79 Å². The van der Waals surface area contributed by atoms with Crippen molar-refractivity contribution in [1.29, 1.82) is 0 Å². The number of carbonyl (C=O) groups is 1. The van der Waals surface area contributed by atoms with E-state index in [0.717, 1.165) is 0 Å². The highest BCUT2D eigenvalue weighted by Crippen LogP contribution is 2.27. The highest BCUT2D eigenvalue weighted by atomic mass is 35.5. The standard InChI is InChI=1S/C18H14Cl2FN3O2/c1-11-22-6-7-24(11)16-5-3-13(9-15(16)21)23-18(25)10-26-17-8-12(19)2-4-14(17)20/h2-9H,10H2,1H3,(H,23,25). The monoisotopic (exact) mass is 393 g/mol. The average molecular weight is 394 g/mol. The molecule has 3 aromatic rings. The highest BCUT2D eigenvalue weighted by molar-refractivity contribution is 6.34. The molecule has 8 heteroatoms. The van der Waals surface area contributed by atoms with Gasteiger partial charge in [0.2, 0.25) is 0 Å². The van der Waals surface area contributed by atoms with E-state index in [2.05, 4.69) is 10.3 Å². The number of hydrogen-bond acceptors (Lipinski definition) is 3. The van der Waals surface area contributed by atoms with Gasteiger partial charge >= 0.3 is 0 Å². The van der Waals surface area contributed by atoms with Crippen molar-refractivity contribution in [3.05, 3.63) is 70.5 Å². The molecule has 0 bridgehead atoms. The van der Waals surface area contributed by atoms with Crippen LogP contribution in [0.1, 0.15) is 5.82 Å². The number of imidazole rings is 1. The Balaban J connectivity index is 1.65. The summed E-state index contributed by atoms with van der Waals surface area (Å²) in [5.74, 6) is 0.0219. The van der Waals surface area contributed by atoms with Crippen LogP contribution >= 0.6 is 23.2 Å². The van der Waals surface area contributed by atoms with Crippen molar-refractivity contribution in [3.8, 4) is 11.4 Å². The van der Waals surface area contributed by atoms with Crippen molar-refractivity contribution in [3.63, 3.8) is 0 Å². The lowest BCUT2D eigenvalue weighted by atomic mass is 10.2. The van der Waals surface area contributed by atoms with E-state index in [-0.39, 0.29) is 6.61 Å². The first-order valence-electron chi connectivity index (χ1n) is 7.61. The molecule has 0 aliphatic rings. The van der Waals surface area contributed by atoms with Gasteiger partial charge in [0.25, 0.3) is 5.91 Å². The van der Waals surface area contributed by atoms with Crippen molar-refractivity contribution in [2.24, 2.45) is 0 Å². The molecule has 0 atom stereocenters. The molecule has 1 N–H and O–H groups in total. The maximum absolute atomic E-state index is 14.3. The van der Waals surface area contributed by atoms with E-state index < -0.39 is 11.7 Å². The molecular formula is C18H14Cl2FN3O2. The third-order valence-corrected chi connectivity index (χ3v) is 4.12. The number of benzene rings is 2. The quantitative estimate of drug-likeness (QED) is 0.686. The molecule has 3 rings (SSSR count). The number of nitrogens with one attached hydrogen (secondary N) is 1. The van der Waals surface area contributed by atoms with Gasteiger partial charge in [0.05, 0.1) is 10.7 Å². The molecule has 0 aliphatic heterocycles. The molecule has 0 radical (unpaired) electrons. The molecule has 0 saturated carbocycles. The average Bonchev–Trinajstić information content (AvgIpc) is 3.02. The van der Waals surface area contributed by atoms with Gasteiger partial charge in [-0.1, -0.05) is 23.2 Å². The molecule has 1 amide bonds. The molecule has 2 aromatic carbocycles. The third kappa shape index (κ3) is 4.15. The maximum atomic E-state index is 14.3. The summed E-state index contributed by atoms with van der Waals surface area (Å²) < 4.78 is 21.3. The lowest BCUT2D eigenvalue weighted by Gasteiger charge is -2.11. The molecular weight excluding hydrogens is 380 g/mol. The van der Waals surface area contributed by atoms with Crippen LogP contribution in [0.15, 0.2) is 48.8 Å². The summed E-state index contributed by atoms with van der Waals surface area (Å²) in [6.45, 7) is 1.48. The van der Waals surface area contributed by atoms with Crippen LogP contribution in [-0.4, -0.2) is 22.1 Å². The van der Waals surface area contributed by atoms with Crippen molar-refractivity contribution >= 4 is 34.8 Å². The van der Waals surface area contributed by atoms with Gasteiger partial charge in [0.15, 0.2) is 6.61 Å². The van der Waals surface area contributed by atoms with Crippen LogP contribution in [0.5, 0.6) is 5.75 Å². The number of aromatic nitrogens is 2. The molecule has 0 unspecified atom stereocenters. The number of carbonyl (C=O) groups excluding carboxylic acids is 1. The number of aryl methyl sites for hydroxylation is 1. The van der Waals surface area contributed by atoms with Crippen LogP contribution in [0.4, 0.5) is 10.1 Å². The summed E-state index contributed by atoms with van der Waals surface area (Å²) in [4.78, 5) is 16.1. The van der Waals surface area contributed by atoms with E-state index in [1.165, 1.54) is 12.1 Å². The molecule has 1 heterocycles. The second-order valence-electron chi connectivity index (χ2n) is 5.42. The van der Waals surface area contributed by atoms with Gasteiger partial charge in [-0.05, 0) is 37.3 Å². The minimum atomic E-state index is -0.484. The lowest BCUT2D eigenvalue weighted by Crippen LogP contribution is -2.20. The van der Waals surface area contributed by atoms with Crippen molar-refractivity contribution in [2.75, 3.05) is 11.9 Å². The van der Waals surface area contributed by atoms with Crippen LogP contribution in [0, 0.1) is 12.7 Å². The molecule has 26 heavy (non-hydrogen) atoms. The Morgan fingerprint density at radius 2 is 2.08 bits per heavy atom. The lowest BCUT2D eigenvalue weighted by molar-refractivity contribution is -0.118. The predicted octanol–water partition coefficient (Wildman–Crippen LogP) is 4.64. The van der Waals surface area contributed by atoms with E-state index in [4.69, 9.17) is 27.9 Å². The number of hydrogen-bond donors (Lipinski definition) is 1. The summed E-state index contributed by atoms with van der Waals surface area (Å²) >= 11 is 11.8. The summed E-state index contributed by atoms with van der Waals surface area (Å²) in [6.07, 6.45) is 3.25. The Labute approximate surface area is 159 Å². The second kappa shape index (κ2) is 7.76. The normalized spacial score (nSPS) is 10.6. The Hall–Kier alpha value is -2.57. The van der Waals surface area contributed by atoms with Crippen LogP contribution in [0.2, 0.25) is 10.0 Å². The fourth-order valence-electron chi connectivity index (χ4n) is 2.34. The SMILES string of the molecule is Cc1nccn1-c1ccc(NC(=O)COc2cc(Cl)ccc2Cl)cc1F. The number of anilines is 1. The molecule has 0 spiro atoms. The van der Waals surface area contributed by atoms with Gasteiger partial charge in [-0.3, -0.25) is 4.79 Å². The Morgan fingerprint density at radius 3 is 2.77 bits per heavy atom. The fourth-order valence-corrected chi connectivity index (χ4v) is 2.67. The molecule has 1 aromatic heterocycles. The second-order valence-corrected chi connectivity index (χ2v) is 6.27. The maximum Gasteiger partial charge on any atom is 0.262 e. The van der Waals surface area contributed by atoms with Gasteiger partial charge in [0.1, 0.15) is 17.4 Å². The van der Waals surface area contributed by atoms with Crippen LogP contribution in [0.25, 0.3) is 5.69 Å². The Kier molecular flexibility index (Phi) is 5.44. The number of ether oxygens (including phenoxy) is 1. The fraction of sp³-hybridized carbons (Fsp3) is 0.111. The van der Waals surface area contributed by atoms with Crippen molar-refractivity contribution in [2.45, 2.75) is 6.92 Å². The van der Waals surface area contributed by atoms with E-state index >= 15 is 0 Å². The van der Waals surface area contributed by atoms with Crippen LogP contribution in [0.3, 0.4) is 0 Å². The number of nitrogens with zero attached hydrogens (tertiary/aromatic N) is 2. The van der Waals surface area contributed by atoms with Crippen LogP contribution < -0.4 is 10.1 Å². The van der Waals surface area contributed by atoms with E-state index in [0.29, 0.717) is 33.0 Å². The zero-order chi connectivity index (χ0) is 18.7. The summed E-state index contributed by atoms with van der Waals surface area (Å²) in [7, 11) is 0. The van der Waals surface area contributed by atoms with Gasteiger partial charge in [-0.2, -0.15) is 0 Å². The smallest absolute Gasteiger partial charge is 0.262 e. The minimum absolute atomic E-state index is 0.288. The predicted molar refractivity (Wildman–Crippen MR) is 98.8 cm³/mol. The topological polar surface area (TPSA) is 56.2 Å². The van der Waals surface area contributed by atoms with E-state index in [9.17, 15) is 9.18 Å². The van der Waals surface area contributed by atoms with Gasteiger partial charge < -0.3 is 14.6 Å². The van der Waals surface area contributed by atoms with Crippen molar-refractivity contribution in [1.82, 2.24) is 9.55 Å². The Morgan fingerprint density at radius 1 is 1.27 bits per heavy atom. The van der Waals surface area contributed by atoms with Gasteiger partial charge in [-0.15, -0.1) is 0 Å². The first-order valence-corrected chi connectivity index (χ1v) is 8.37. The zero-order valence-electron chi connectivity index (χ0n) is 13.7. The molecule has 0 aliphatic carbocycles. The van der Waals surface area contributed by atoms with Gasteiger partial charge in [-0.25, -0.2) is 9.37 Å². The first-order chi connectivity index (χ1) is 12.4. The molecule has 0 saturated heterocycles. The summed E-state index contributed by atoms with van der Waals surface area (Å²) in [5, 5.41) is 3.35. The summed E-state index contributed by atoms with van der Waals surface area (Å²) in [6, 6.07) is 9.10. The third-order valence-electron chi connectivity index (χ3n) is 3.57. The summed E-state index contributed by atoms with van der Waals surface area (Å²) in [5.41, 5.74) is 0.662. The van der Waals surface area contributed by atoms with Gasteiger partial charge in [0, 0.05) is 29.2 Å². The van der Waals surface area contributed by atoms with E-state index in [1.807, 2.05) is 0 Å². The highest BCUT2D eigenvalue weighted by Gasteiger charge is 2.11. The minimum Gasteiger partial charge on any atom is -0.482 e.